The van der Waals surface area contributed by atoms with Crippen molar-refractivity contribution in [2.45, 2.75) is 101 Å². The molecule has 0 amide bonds. The van der Waals surface area contributed by atoms with Crippen LogP contribution < -0.4 is 9.47 Å². The van der Waals surface area contributed by atoms with Gasteiger partial charge in [-0.2, -0.15) is 0 Å². The van der Waals surface area contributed by atoms with Crippen molar-refractivity contribution < 1.29 is 19.4 Å². The van der Waals surface area contributed by atoms with Gasteiger partial charge in [-0.3, -0.25) is 14.6 Å². The highest BCUT2D eigenvalue weighted by Crippen LogP contribution is 2.65. The number of carbonyl (C=O) groups is 1. The highest BCUT2D eigenvalue weighted by atomic mass is 16.6. The minimum atomic E-state index is -0.373. The van der Waals surface area contributed by atoms with Crippen LogP contribution in [0.15, 0.2) is 36.4 Å². The van der Waals surface area contributed by atoms with Crippen LogP contribution in [-0.4, -0.2) is 65.7 Å². The van der Waals surface area contributed by atoms with Crippen LogP contribution in [0.3, 0.4) is 0 Å². The summed E-state index contributed by atoms with van der Waals surface area (Å²) in [5, 5.41) is 11.3. The summed E-state index contributed by atoms with van der Waals surface area (Å²) in [5.74, 6) is 2.40. The first-order chi connectivity index (χ1) is 20.0. The first-order valence-electron chi connectivity index (χ1n) is 16.2. The number of unbranched alkanes of at least 4 members (excludes halogenated alkanes) is 3. The summed E-state index contributed by atoms with van der Waals surface area (Å²) in [6, 6.07) is 13.2. The number of hydrogen-bond donors (Lipinski definition) is 1. The van der Waals surface area contributed by atoms with Gasteiger partial charge in [-0.25, -0.2) is 0 Å². The Morgan fingerprint density at radius 2 is 1.93 bits per heavy atom. The summed E-state index contributed by atoms with van der Waals surface area (Å²) in [7, 11) is 2.28. The van der Waals surface area contributed by atoms with Crippen LogP contribution in [0.5, 0.6) is 17.2 Å². The third-order valence-electron chi connectivity index (χ3n) is 11.1. The van der Waals surface area contributed by atoms with Crippen molar-refractivity contribution in [2.75, 3.05) is 26.7 Å². The van der Waals surface area contributed by atoms with E-state index in [1.807, 2.05) is 0 Å². The van der Waals surface area contributed by atoms with Gasteiger partial charge in [0.15, 0.2) is 11.5 Å². The number of carbonyl (C=O) groups excluding carboxylic acids is 1. The van der Waals surface area contributed by atoms with Crippen molar-refractivity contribution in [3.63, 3.8) is 0 Å². The first kappa shape index (κ1) is 27.3. The molecule has 3 fully saturated rings. The molecule has 2 aromatic carbocycles. The van der Waals surface area contributed by atoms with Crippen LogP contribution >= 0.6 is 0 Å². The molecule has 220 valence electrons. The van der Waals surface area contributed by atoms with E-state index in [9.17, 15) is 9.90 Å². The van der Waals surface area contributed by atoms with Gasteiger partial charge in [-0.15, -0.1) is 0 Å². The topological polar surface area (TPSA) is 62.2 Å². The van der Waals surface area contributed by atoms with Crippen LogP contribution in [0.2, 0.25) is 0 Å². The SMILES string of the molecule is CC(=O)Oc1cc(O)c2c3c1O[C@H]1[C@@H](N(C)CCCCCCc4ccccc4)CC[C@H]4[C@@H](C2)N(CC2CC2)CC[C@@]341. The normalized spacial score (nSPS) is 29.7. The molecule has 7 rings (SSSR count). The summed E-state index contributed by atoms with van der Waals surface area (Å²) in [6.45, 7) is 4.78. The Labute approximate surface area is 245 Å². The predicted octanol–water partition coefficient (Wildman–Crippen LogP) is 5.87. The molecule has 6 nitrogen and oxygen atoms in total. The van der Waals surface area contributed by atoms with Crippen LogP contribution in [0.1, 0.15) is 81.4 Å². The number of benzene rings is 2. The van der Waals surface area contributed by atoms with E-state index in [1.54, 1.807) is 6.07 Å². The summed E-state index contributed by atoms with van der Waals surface area (Å²) < 4.78 is 12.6. The van der Waals surface area contributed by atoms with Crippen LogP contribution in [-0.2, 0) is 23.1 Å². The summed E-state index contributed by atoms with van der Waals surface area (Å²) >= 11 is 0. The van der Waals surface area contributed by atoms with Gasteiger partial charge in [0, 0.05) is 48.2 Å². The molecule has 1 N–H and O–H groups in total. The largest absolute Gasteiger partial charge is 0.508 e. The van der Waals surface area contributed by atoms with E-state index >= 15 is 0 Å². The molecule has 41 heavy (non-hydrogen) atoms. The molecule has 2 bridgehead atoms. The van der Waals surface area contributed by atoms with E-state index in [2.05, 4.69) is 47.2 Å². The summed E-state index contributed by atoms with van der Waals surface area (Å²) in [5.41, 5.74) is 3.53. The fourth-order valence-electron chi connectivity index (χ4n) is 9.05. The van der Waals surface area contributed by atoms with Gasteiger partial charge < -0.3 is 14.6 Å². The number of aryl methyl sites for hydroxylation is 1. The second-order valence-corrected chi connectivity index (χ2v) is 13.6. The van der Waals surface area contributed by atoms with Crippen molar-refractivity contribution in [3.8, 4) is 17.2 Å². The van der Waals surface area contributed by atoms with Crippen molar-refractivity contribution in [1.29, 1.82) is 0 Å². The predicted molar refractivity (Wildman–Crippen MR) is 160 cm³/mol. The van der Waals surface area contributed by atoms with E-state index in [1.165, 1.54) is 69.5 Å². The quantitative estimate of drug-likeness (QED) is 0.211. The molecular formula is C35H46N2O4. The number of rotatable bonds is 11. The molecule has 5 aliphatic rings. The van der Waals surface area contributed by atoms with Gasteiger partial charge in [0.2, 0.25) is 0 Å². The van der Waals surface area contributed by atoms with Crippen LogP contribution in [0.4, 0.5) is 0 Å². The van der Waals surface area contributed by atoms with Crippen molar-refractivity contribution >= 4 is 5.97 Å². The number of piperidine rings is 1. The molecule has 0 radical (unpaired) electrons. The van der Waals surface area contributed by atoms with Crippen molar-refractivity contribution in [2.24, 2.45) is 11.8 Å². The number of aromatic hydroxyl groups is 1. The minimum absolute atomic E-state index is 0.0278. The smallest absolute Gasteiger partial charge is 0.308 e. The molecule has 3 aliphatic carbocycles. The Morgan fingerprint density at radius 3 is 2.71 bits per heavy atom. The fourth-order valence-corrected chi connectivity index (χ4v) is 9.05. The van der Waals surface area contributed by atoms with E-state index in [-0.39, 0.29) is 23.2 Å². The number of hydrogen-bond acceptors (Lipinski definition) is 6. The monoisotopic (exact) mass is 558 g/mol. The molecule has 1 saturated heterocycles. The average Bonchev–Trinajstić information content (AvgIpc) is 3.71. The molecule has 1 spiro atoms. The Bertz CT molecular complexity index is 1280. The third kappa shape index (κ3) is 4.85. The Morgan fingerprint density at radius 1 is 1.12 bits per heavy atom. The van der Waals surface area contributed by atoms with E-state index in [4.69, 9.17) is 9.47 Å². The highest BCUT2D eigenvalue weighted by molar-refractivity contribution is 5.73. The van der Waals surface area contributed by atoms with E-state index in [0.717, 1.165) is 56.0 Å². The van der Waals surface area contributed by atoms with Gasteiger partial charge in [0.25, 0.3) is 0 Å². The maximum atomic E-state index is 12.0. The maximum absolute atomic E-state index is 12.0. The molecule has 2 saturated carbocycles. The number of likely N-dealkylation sites (tertiary alicyclic amines) is 1. The lowest BCUT2D eigenvalue weighted by Gasteiger charge is -2.60. The number of ether oxygens (including phenoxy) is 2. The average molecular weight is 559 g/mol. The van der Waals surface area contributed by atoms with Crippen molar-refractivity contribution in [1.82, 2.24) is 9.80 Å². The standard InChI is InChI=1S/C35H46N2O4/c1-23(38)40-31-21-30(39)26-20-29-27-15-16-28(36(2)18-9-4-3-6-10-24-11-7-5-8-12-24)34-35(27,32(26)33(31)41-34)17-19-37(29)22-25-13-14-25/h5,7-8,11-12,21,25,27-29,34,39H,3-4,6,9-10,13-20,22H2,1-2H3/t27-,28-,29+,34-,35-/m0/s1. The second-order valence-electron chi connectivity index (χ2n) is 13.6. The first-order valence-corrected chi connectivity index (χ1v) is 16.2. The lowest BCUT2D eigenvalue weighted by atomic mass is 9.50. The number of esters is 1. The molecule has 2 heterocycles. The van der Waals surface area contributed by atoms with Gasteiger partial charge >= 0.3 is 5.97 Å². The molecule has 0 unspecified atom stereocenters. The summed E-state index contributed by atoms with van der Waals surface area (Å²) in [6.07, 6.45) is 13.1. The number of likely N-dealkylation sites (N-methyl/N-ethyl adjacent to an activating group) is 1. The Balaban J connectivity index is 1.10. The molecule has 2 aliphatic heterocycles. The third-order valence-corrected chi connectivity index (χ3v) is 11.1. The second kappa shape index (κ2) is 10.9. The van der Waals surface area contributed by atoms with Gasteiger partial charge in [0.1, 0.15) is 11.9 Å². The van der Waals surface area contributed by atoms with Crippen LogP contribution in [0, 0.1) is 11.8 Å². The molecular weight excluding hydrogens is 512 g/mol. The summed E-state index contributed by atoms with van der Waals surface area (Å²) in [4.78, 5) is 17.4. The number of nitrogens with zero attached hydrogens (tertiary/aromatic N) is 2. The molecule has 6 heteroatoms. The minimum Gasteiger partial charge on any atom is -0.508 e. The lowest BCUT2D eigenvalue weighted by molar-refractivity contribution is -0.132. The van der Waals surface area contributed by atoms with Crippen molar-refractivity contribution in [3.05, 3.63) is 53.1 Å². The fraction of sp³-hybridized carbons (Fsp3) is 0.629. The zero-order valence-corrected chi connectivity index (χ0v) is 24.8. The Kier molecular flexibility index (Phi) is 7.27. The van der Waals surface area contributed by atoms with E-state index < -0.39 is 0 Å². The van der Waals surface area contributed by atoms with Gasteiger partial charge in [0.05, 0.1) is 0 Å². The van der Waals surface area contributed by atoms with Gasteiger partial charge in [-0.1, -0.05) is 43.2 Å². The lowest BCUT2D eigenvalue weighted by Crippen LogP contribution is -2.68. The van der Waals surface area contributed by atoms with Crippen LogP contribution in [0.25, 0.3) is 0 Å². The highest BCUT2D eigenvalue weighted by Gasteiger charge is 2.66. The zero-order valence-electron chi connectivity index (χ0n) is 24.8. The molecule has 5 atom stereocenters. The zero-order chi connectivity index (χ0) is 28.1. The molecule has 0 aromatic heterocycles. The molecule has 2 aromatic rings. The maximum Gasteiger partial charge on any atom is 0.308 e. The van der Waals surface area contributed by atoms with E-state index in [0.29, 0.717) is 23.8 Å². The number of phenols is 1. The number of phenolic OH excluding ortho intramolecular Hbond substituents is 1. The Hall–Kier alpha value is -2.57. The van der Waals surface area contributed by atoms with Gasteiger partial charge in [-0.05, 0) is 95.3 Å².